The molecule has 0 spiro atoms. The normalized spacial score (nSPS) is 35.2. The lowest BCUT2D eigenvalue weighted by Crippen LogP contribution is -2.11. The third-order valence-electron chi connectivity index (χ3n) is 1.62. The molecule has 46 valence electrons. The Morgan fingerprint density at radius 2 is 2.38 bits per heavy atom. The average Bonchev–Trinajstić information content (AvgIpc) is 2.14. The van der Waals surface area contributed by atoms with Crippen molar-refractivity contribution in [1.29, 1.82) is 0 Å². The van der Waals surface area contributed by atoms with Gasteiger partial charge in [0.05, 0.1) is 6.26 Å². The molecule has 0 aromatic heterocycles. The molecule has 1 heterocycles. The minimum atomic E-state index is 0.454. The molecule has 1 aliphatic rings. The van der Waals surface area contributed by atoms with Crippen LogP contribution in [-0.2, 0) is 4.74 Å². The van der Waals surface area contributed by atoms with Crippen LogP contribution in [0, 0.1) is 5.92 Å². The van der Waals surface area contributed by atoms with Gasteiger partial charge in [-0.15, -0.1) is 0 Å². The van der Waals surface area contributed by atoms with Crippen LogP contribution in [0.4, 0.5) is 0 Å². The van der Waals surface area contributed by atoms with E-state index in [-0.39, 0.29) is 0 Å². The Bertz CT molecular complexity index is 96.6. The quantitative estimate of drug-likeness (QED) is 0.503. The van der Waals surface area contributed by atoms with Gasteiger partial charge in [-0.3, -0.25) is 0 Å². The highest BCUT2D eigenvalue weighted by Gasteiger charge is 2.16. The average molecular weight is 112 g/mol. The first-order valence-electron chi connectivity index (χ1n) is 3.16. The van der Waals surface area contributed by atoms with E-state index in [0.717, 1.165) is 6.42 Å². The smallest absolute Gasteiger partial charge is 0.104 e. The van der Waals surface area contributed by atoms with E-state index < -0.39 is 0 Å². The van der Waals surface area contributed by atoms with Gasteiger partial charge in [0.15, 0.2) is 0 Å². The number of hydrogen-bond donors (Lipinski definition) is 0. The maximum atomic E-state index is 5.23. The lowest BCUT2D eigenvalue weighted by molar-refractivity contribution is 0.136. The van der Waals surface area contributed by atoms with Gasteiger partial charge < -0.3 is 4.74 Å². The molecule has 2 atom stereocenters. The van der Waals surface area contributed by atoms with Gasteiger partial charge in [-0.25, -0.2) is 0 Å². The van der Waals surface area contributed by atoms with E-state index >= 15 is 0 Å². The van der Waals surface area contributed by atoms with Gasteiger partial charge in [-0.05, 0) is 12.5 Å². The largest absolute Gasteiger partial charge is 0.498 e. The molecule has 0 aromatic rings. The van der Waals surface area contributed by atoms with Crippen molar-refractivity contribution in [3.63, 3.8) is 0 Å². The van der Waals surface area contributed by atoms with Crippen molar-refractivity contribution in [2.45, 2.75) is 26.4 Å². The Balaban J connectivity index is 2.38. The minimum Gasteiger partial charge on any atom is -0.498 e. The van der Waals surface area contributed by atoms with E-state index in [1.165, 1.54) is 0 Å². The summed E-state index contributed by atoms with van der Waals surface area (Å²) in [7, 11) is 0. The van der Waals surface area contributed by atoms with Gasteiger partial charge in [0, 0.05) is 5.92 Å². The molecule has 0 bridgehead atoms. The van der Waals surface area contributed by atoms with Crippen molar-refractivity contribution in [3.05, 3.63) is 12.3 Å². The Labute approximate surface area is 50.3 Å². The van der Waals surface area contributed by atoms with E-state index in [9.17, 15) is 0 Å². The third kappa shape index (κ3) is 0.857. The first-order chi connectivity index (χ1) is 3.84. The van der Waals surface area contributed by atoms with Gasteiger partial charge in [-0.2, -0.15) is 0 Å². The van der Waals surface area contributed by atoms with Gasteiger partial charge in [0.1, 0.15) is 6.10 Å². The topological polar surface area (TPSA) is 9.23 Å². The summed E-state index contributed by atoms with van der Waals surface area (Å²) >= 11 is 0. The highest BCUT2D eigenvalue weighted by atomic mass is 16.5. The maximum absolute atomic E-state index is 5.23. The second kappa shape index (κ2) is 2.21. The molecule has 0 aromatic carbocycles. The molecule has 0 N–H and O–H groups in total. The zero-order valence-electron chi connectivity index (χ0n) is 5.42. The molecule has 1 aliphatic heterocycles. The second-order valence-electron chi connectivity index (χ2n) is 2.27. The third-order valence-corrected chi connectivity index (χ3v) is 1.62. The van der Waals surface area contributed by atoms with Crippen molar-refractivity contribution in [2.75, 3.05) is 0 Å². The van der Waals surface area contributed by atoms with E-state index in [2.05, 4.69) is 19.9 Å². The molecule has 0 saturated heterocycles. The van der Waals surface area contributed by atoms with Crippen LogP contribution >= 0.6 is 0 Å². The van der Waals surface area contributed by atoms with Crippen LogP contribution in [0.3, 0.4) is 0 Å². The summed E-state index contributed by atoms with van der Waals surface area (Å²) in [6.07, 6.45) is 5.48. The molecule has 0 amide bonds. The molecule has 0 fully saturated rings. The van der Waals surface area contributed by atoms with Gasteiger partial charge >= 0.3 is 0 Å². The molecule has 0 saturated carbocycles. The van der Waals surface area contributed by atoms with Crippen molar-refractivity contribution >= 4 is 0 Å². The predicted octanol–water partition coefficient (Wildman–Crippen LogP) is 1.95. The number of rotatable bonds is 1. The van der Waals surface area contributed by atoms with Crippen LogP contribution < -0.4 is 0 Å². The van der Waals surface area contributed by atoms with Crippen molar-refractivity contribution < 1.29 is 4.74 Å². The maximum Gasteiger partial charge on any atom is 0.104 e. The van der Waals surface area contributed by atoms with E-state index in [4.69, 9.17) is 4.74 Å². The summed E-state index contributed by atoms with van der Waals surface area (Å²) in [4.78, 5) is 0. The van der Waals surface area contributed by atoms with Gasteiger partial charge in [0.2, 0.25) is 0 Å². The van der Waals surface area contributed by atoms with Crippen LogP contribution in [0.1, 0.15) is 20.3 Å². The van der Waals surface area contributed by atoms with Crippen molar-refractivity contribution in [1.82, 2.24) is 0 Å². The van der Waals surface area contributed by atoms with Crippen molar-refractivity contribution in [3.8, 4) is 0 Å². The fraction of sp³-hybridized carbons (Fsp3) is 0.714. The highest BCUT2D eigenvalue weighted by molar-refractivity contribution is 4.92. The molecule has 8 heavy (non-hydrogen) atoms. The standard InChI is InChI=1S/C7H12O/c1-3-7-6(2)4-5-8-7/h4-7H,3H2,1-2H3/t6-,7?/m0/s1. The van der Waals surface area contributed by atoms with Crippen molar-refractivity contribution in [2.24, 2.45) is 5.92 Å². The molecular formula is C7H12O. The summed E-state index contributed by atoms with van der Waals surface area (Å²) in [6, 6.07) is 0. The Hall–Kier alpha value is -0.460. The number of hydrogen-bond acceptors (Lipinski definition) is 1. The number of ether oxygens (including phenoxy) is 1. The Morgan fingerprint density at radius 3 is 2.62 bits per heavy atom. The van der Waals surface area contributed by atoms with Gasteiger partial charge in [-0.1, -0.05) is 13.8 Å². The zero-order valence-corrected chi connectivity index (χ0v) is 5.42. The predicted molar refractivity (Wildman–Crippen MR) is 33.5 cm³/mol. The SMILES string of the molecule is CCC1OC=C[C@@H]1C. The molecular weight excluding hydrogens is 100 g/mol. The van der Waals surface area contributed by atoms with Crippen LogP contribution in [-0.4, -0.2) is 6.10 Å². The molecule has 1 rings (SSSR count). The Kier molecular flexibility index (Phi) is 1.56. The monoisotopic (exact) mass is 112 g/mol. The molecule has 0 aliphatic carbocycles. The summed E-state index contributed by atoms with van der Waals surface area (Å²) in [5, 5.41) is 0. The lowest BCUT2D eigenvalue weighted by atomic mass is 10.1. The first kappa shape index (κ1) is 5.67. The summed E-state index contributed by atoms with van der Waals surface area (Å²) in [5.41, 5.74) is 0. The van der Waals surface area contributed by atoms with Crippen LogP contribution in [0.25, 0.3) is 0 Å². The first-order valence-corrected chi connectivity index (χ1v) is 3.16. The Morgan fingerprint density at radius 1 is 1.62 bits per heavy atom. The summed E-state index contributed by atoms with van der Waals surface area (Å²) < 4.78 is 5.23. The van der Waals surface area contributed by atoms with Gasteiger partial charge in [0.25, 0.3) is 0 Å². The highest BCUT2D eigenvalue weighted by Crippen LogP contribution is 2.18. The van der Waals surface area contributed by atoms with E-state index in [0.29, 0.717) is 12.0 Å². The molecule has 1 heteroatoms. The van der Waals surface area contributed by atoms with E-state index in [1.807, 2.05) is 0 Å². The zero-order chi connectivity index (χ0) is 5.98. The molecule has 1 nitrogen and oxygen atoms in total. The van der Waals surface area contributed by atoms with E-state index in [1.54, 1.807) is 6.26 Å². The summed E-state index contributed by atoms with van der Waals surface area (Å²) in [5.74, 6) is 0.625. The molecule has 0 radical (unpaired) electrons. The van der Waals surface area contributed by atoms with Crippen LogP contribution in [0.2, 0.25) is 0 Å². The van der Waals surface area contributed by atoms with Crippen LogP contribution in [0.15, 0.2) is 12.3 Å². The fourth-order valence-electron chi connectivity index (χ4n) is 0.986. The molecule has 1 unspecified atom stereocenters. The second-order valence-corrected chi connectivity index (χ2v) is 2.27. The minimum absolute atomic E-state index is 0.454. The fourth-order valence-corrected chi connectivity index (χ4v) is 0.986. The van der Waals surface area contributed by atoms with Crippen LogP contribution in [0.5, 0.6) is 0 Å². The summed E-state index contributed by atoms with van der Waals surface area (Å²) in [6.45, 7) is 4.33. The lowest BCUT2D eigenvalue weighted by Gasteiger charge is -2.10.